The summed E-state index contributed by atoms with van der Waals surface area (Å²) in [6, 6.07) is 14.9. The van der Waals surface area contributed by atoms with Crippen molar-refractivity contribution < 1.29 is 18.8 Å². The first-order valence-electron chi connectivity index (χ1n) is 11.4. The molecule has 2 amide bonds. The number of rotatable bonds is 7. The van der Waals surface area contributed by atoms with E-state index in [-0.39, 0.29) is 17.7 Å². The maximum atomic E-state index is 12.8. The molecule has 0 spiro atoms. The van der Waals surface area contributed by atoms with Gasteiger partial charge in [-0.15, -0.1) is 0 Å². The van der Waals surface area contributed by atoms with E-state index >= 15 is 0 Å². The first-order chi connectivity index (χ1) is 16.6. The Morgan fingerprint density at radius 3 is 2.91 bits per heavy atom. The Kier molecular flexibility index (Phi) is 7.37. The number of benzene rings is 2. The molecule has 1 aliphatic rings. The summed E-state index contributed by atoms with van der Waals surface area (Å²) in [5.41, 5.74) is 2.30. The first-order valence-corrected chi connectivity index (χ1v) is 11.4. The molecule has 176 valence electrons. The largest absolute Gasteiger partial charge is 0.496 e. The SMILES string of the molecule is CCC(=O)Nc1cccc(-c2noc(C3CCCN(C(=O)/C=C/c4ccccc4OC)C3)n2)c1. The fourth-order valence-electron chi connectivity index (χ4n) is 3.95. The average Bonchev–Trinajstić information content (AvgIpc) is 3.38. The number of nitrogens with one attached hydrogen (secondary N) is 1. The van der Waals surface area contributed by atoms with Gasteiger partial charge in [0.2, 0.25) is 23.5 Å². The van der Waals surface area contributed by atoms with Gasteiger partial charge >= 0.3 is 0 Å². The van der Waals surface area contributed by atoms with E-state index in [1.54, 1.807) is 26.2 Å². The van der Waals surface area contributed by atoms with E-state index in [1.807, 2.05) is 53.4 Å². The van der Waals surface area contributed by atoms with Crippen LogP contribution < -0.4 is 10.1 Å². The van der Waals surface area contributed by atoms with E-state index in [4.69, 9.17) is 9.26 Å². The Morgan fingerprint density at radius 2 is 2.09 bits per heavy atom. The van der Waals surface area contributed by atoms with Gasteiger partial charge in [-0.1, -0.05) is 42.4 Å². The van der Waals surface area contributed by atoms with Gasteiger partial charge < -0.3 is 19.5 Å². The molecule has 1 aliphatic heterocycles. The highest BCUT2D eigenvalue weighted by atomic mass is 16.5. The van der Waals surface area contributed by atoms with E-state index in [0.29, 0.717) is 36.9 Å². The highest BCUT2D eigenvalue weighted by Gasteiger charge is 2.28. The minimum absolute atomic E-state index is 0.0263. The number of aromatic nitrogens is 2. The van der Waals surface area contributed by atoms with E-state index in [9.17, 15) is 9.59 Å². The van der Waals surface area contributed by atoms with Crippen molar-refractivity contribution in [2.24, 2.45) is 0 Å². The molecule has 1 fully saturated rings. The molecule has 0 saturated carbocycles. The van der Waals surface area contributed by atoms with Gasteiger partial charge in [0.25, 0.3) is 0 Å². The highest BCUT2D eigenvalue weighted by molar-refractivity contribution is 5.92. The van der Waals surface area contributed by atoms with Crippen LogP contribution in [0.1, 0.15) is 43.6 Å². The molecule has 1 N–H and O–H groups in total. The van der Waals surface area contributed by atoms with E-state index < -0.39 is 0 Å². The zero-order valence-electron chi connectivity index (χ0n) is 19.4. The number of ether oxygens (including phenoxy) is 1. The predicted octanol–water partition coefficient (Wildman–Crippen LogP) is 4.51. The van der Waals surface area contributed by atoms with Gasteiger partial charge in [-0.3, -0.25) is 9.59 Å². The third-order valence-electron chi connectivity index (χ3n) is 5.79. The van der Waals surface area contributed by atoms with Crippen molar-refractivity contribution >= 4 is 23.6 Å². The Morgan fingerprint density at radius 1 is 1.24 bits per heavy atom. The molecule has 0 radical (unpaired) electrons. The summed E-state index contributed by atoms with van der Waals surface area (Å²) in [5, 5.41) is 6.97. The monoisotopic (exact) mass is 460 g/mol. The van der Waals surface area contributed by atoms with Gasteiger partial charge in [0.05, 0.1) is 13.0 Å². The lowest BCUT2D eigenvalue weighted by atomic mass is 9.98. The lowest BCUT2D eigenvalue weighted by molar-refractivity contribution is -0.127. The summed E-state index contributed by atoms with van der Waals surface area (Å²) in [6.45, 7) is 3.01. The zero-order chi connectivity index (χ0) is 23.9. The summed E-state index contributed by atoms with van der Waals surface area (Å²) < 4.78 is 10.9. The number of likely N-dealkylation sites (tertiary alicyclic amines) is 1. The Hall–Kier alpha value is -3.94. The molecular weight excluding hydrogens is 432 g/mol. The molecule has 1 saturated heterocycles. The van der Waals surface area contributed by atoms with Gasteiger partial charge in [-0.2, -0.15) is 4.98 Å². The zero-order valence-corrected chi connectivity index (χ0v) is 19.4. The smallest absolute Gasteiger partial charge is 0.246 e. The van der Waals surface area contributed by atoms with E-state index in [1.165, 1.54) is 0 Å². The van der Waals surface area contributed by atoms with Crippen LogP contribution in [0.2, 0.25) is 0 Å². The van der Waals surface area contributed by atoms with Crippen LogP contribution in [-0.4, -0.2) is 47.1 Å². The van der Waals surface area contributed by atoms with Crippen LogP contribution in [0, 0.1) is 0 Å². The number of hydrogen-bond acceptors (Lipinski definition) is 6. The van der Waals surface area contributed by atoms with Gasteiger partial charge in [0.15, 0.2) is 0 Å². The minimum atomic E-state index is -0.0605. The molecule has 0 bridgehead atoms. The van der Waals surface area contributed by atoms with Crippen molar-refractivity contribution in [3.05, 3.63) is 66.1 Å². The van der Waals surface area contributed by atoms with Crippen LogP contribution in [0.3, 0.4) is 0 Å². The van der Waals surface area contributed by atoms with Crippen molar-refractivity contribution in [1.82, 2.24) is 15.0 Å². The van der Waals surface area contributed by atoms with Crippen molar-refractivity contribution in [2.75, 3.05) is 25.5 Å². The Bertz CT molecular complexity index is 1190. The molecular formula is C26H28N4O4. The number of amides is 2. The molecule has 2 aromatic carbocycles. The lowest BCUT2D eigenvalue weighted by Crippen LogP contribution is -2.38. The molecule has 1 aromatic heterocycles. The molecule has 8 heteroatoms. The highest BCUT2D eigenvalue weighted by Crippen LogP contribution is 2.29. The summed E-state index contributed by atoms with van der Waals surface area (Å²) >= 11 is 0. The van der Waals surface area contributed by atoms with Crippen LogP contribution in [0.5, 0.6) is 5.75 Å². The maximum Gasteiger partial charge on any atom is 0.246 e. The number of methoxy groups -OCH3 is 1. The lowest BCUT2D eigenvalue weighted by Gasteiger charge is -2.30. The second kappa shape index (κ2) is 10.8. The topological polar surface area (TPSA) is 97.6 Å². The third-order valence-corrected chi connectivity index (χ3v) is 5.79. The molecule has 1 atom stereocenters. The van der Waals surface area contributed by atoms with Gasteiger partial charge in [0.1, 0.15) is 5.75 Å². The van der Waals surface area contributed by atoms with Crippen LogP contribution in [0.15, 0.2) is 59.1 Å². The number of carbonyl (C=O) groups is 2. The fraction of sp³-hybridized carbons (Fsp3) is 0.308. The summed E-state index contributed by atoms with van der Waals surface area (Å²) in [7, 11) is 1.61. The van der Waals surface area contributed by atoms with Crippen LogP contribution in [0.4, 0.5) is 5.69 Å². The third kappa shape index (κ3) is 5.51. The van der Waals surface area contributed by atoms with Crippen molar-refractivity contribution in [3.63, 3.8) is 0 Å². The molecule has 1 unspecified atom stereocenters. The molecule has 2 heterocycles. The maximum absolute atomic E-state index is 12.8. The van der Waals surface area contributed by atoms with E-state index in [2.05, 4.69) is 15.5 Å². The quantitative estimate of drug-likeness (QED) is 0.521. The van der Waals surface area contributed by atoms with Gasteiger partial charge in [-0.05, 0) is 37.1 Å². The number of hydrogen-bond donors (Lipinski definition) is 1. The van der Waals surface area contributed by atoms with Crippen LogP contribution >= 0.6 is 0 Å². The first kappa shape index (κ1) is 23.2. The van der Waals surface area contributed by atoms with Crippen LogP contribution in [-0.2, 0) is 9.59 Å². The molecule has 8 nitrogen and oxygen atoms in total. The minimum Gasteiger partial charge on any atom is -0.496 e. The molecule has 0 aliphatic carbocycles. The van der Waals surface area contributed by atoms with Crippen LogP contribution in [0.25, 0.3) is 17.5 Å². The second-order valence-electron chi connectivity index (χ2n) is 8.14. The number of anilines is 1. The van der Waals surface area contributed by atoms with Crippen molar-refractivity contribution in [1.29, 1.82) is 0 Å². The number of carbonyl (C=O) groups excluding carboxylic acids is 2. The fourth-order valence-corrected chi connectivity index (χ4v) is 3.95. The Labute approximate surface area is 198 Å². The number of para-hydroxylation sites is 1. The van der Waals surface area contributed by atoms with Gasteiger partial charge in [-0.25, -0.2) is 0 Å². The predicted molar refractivity (Wildman–Crippen MR) is 129 cm³/mol. The second-order valence-corrected chi connectivity index (χ2v) is 8.14. The standard InChI is InChI=1S/C26H28N4O4/c1-3-23(31)27-21-11-6-9-19(16-21)25-28-26(34-29-25)20-10-7-15-30(17-20)24(32)14-13-18-8-4-5-12-22(18)33-2/h4-6,8-9,11-14,16,20H,3,7,10,15,17H2,1-2H3,(H,27,31)/b14-13+. The van der Waals surface area contributed by atoms with Crippen molar-refractivity contribution in [2.45, 2.75) is 32.1 Å². The number of piperidine rings is 1. The molecule has 34 heavy (non-hydrogen) atoms. The number of nitrogens with zero attached hydrogens (tertiary/aromatic N) is 3. The summed E-state index contributed by atoms with van der Waals surface area (Å²) in [4.78, 5) is 30.9. The average molecular weight is 461 g/mol. The Balaban J connectivity index is 1.43. The van der Waals surface area contributed by atoms with Gasteiger partial charge in [0, 0.05) is 42.4 Å². The molecule has 4 rings (SSSR count). The summed E-state index contributed by atoms with van der Waals surface area (Å²) in [5.74, 6) is 1.56. The van der Waals surface area contributed by atoms with Crippen molar-refractivity contribution in [3.8, 4) is 17.1 Å². The normalized spacial score (nSPS) is 15.9. The summed E-state index contributed by atoms with van der Waals surface area (Å²) in [6.07, 6.45) is 5.49. The molecule has 3 aromatic rings. The van der Waals surface area contributed by atoms with E-state index in [0.717, 1.165) is 29.7 Å².